The van der Waals surface area contributed by atoms with Crippen molar-refractivity contribution in [3.05, 3.63) is 49.0 Å². The molecule has 0 saturated carbocycles. The molecule has 1 aliphatic carbocycles. The van der Waals surface area contributed by atoms with Gasteiger partial charge in [0.1, 0.15) is 0 Å². The molecule has 1 aliphatic rings. The Hall–Kier alpha value is -1.66. The van der Waals surface area contributed by atoms with E-state index in [2.05, 4.69) is 10.4 Å². The van der Waals surface area contributed by atoms with Crippen molar-refractivity contribution in [2.75, 3.05) is 6.54 Å². The summed E-state index contributed by atoms with van der Waals surface area (Å²) in [6.45, 7) is 0.733. The quantitative estimate of drug-likeness (QED) is 0.930. The fraction of sp³-hybridized carbons (Fsp3) is 0.400. The highest BCUT2D eigenvalue weighted by Gasteiger charge is 2.13. The summed E-state index contributed by atoms with van der Waals surface area (Å²) in [4.78, 5) is 24.5. The lowest BCUT2D eigenvalue weighted by Gasteiger charge is -2.15. The van der Waals surface area contributed by atoms with Crippen molar-refractivity contribution in [2.24, 2.45) is 0 Å². The van der Waals surface area contributed by atoms with Gasteiger partial charge in [0.15, 0.2) is 0 Å². The lowest BCUT2D eigenvalue weighted by Crippen LogP contribution is -2.33. The van der Waals surface area contributed by atoms with Crippen molar-refractivity contribution in [1.29, 1.82) is 0 Å². The smallest absolute Gasteiger partial charge is 0.267 e. The normalized spacial score (nSPS) is 13.7. The molecule has 2 heterocycles. The van der Waals surface area contributed by atoms with Crippen molar-refractivity contribution in [3.63, 3.8) is 0 Å². The van der Waals surface area contributed by atoms with Crippen molar-refractivity contribution in [2.45, 2.75) is 32.2 Å². The molecule has 3 rings (SSSR count). The van der Waals surface area contributed by atoms with Gasteiger partial charge in [0.05, 0.1) is 21.5 Å². The van der Waals surface area contributed by atoms with Gasteiger partial charge in [0, 0.05) is 12.6 Å². The molecule has 0 saturated heterocycles. The van der Waals surface area contributed by atoms with Crippen LogP contribution in [0, 0.1) is 0 Å². The molecule has 2 aromatic heterocycles. The number of amides is 1. The van der Waals surface area contributed by atoms with E-state index in [4.69, 9.17) is 11.6 Å². The van der Waals surface area contributed by atoms with Crippen molar-refractivity contribution in [3.8, 4) is 0 Å². The summed E-state index contributed by atoms with van der Waals surface area (Å²) in [6, 6.07) is 5.06. The van der Waals surface area contributed by atoms with Gasteiger partial charge < -0.3 is 5.32 Å². The number of carbonyl (C=O) groups excluding carboxylic acids is 1. The molecule has 0 radical (unpaired) electrons. The van der Waals surface area contributed by atoms with Crippen LogP contribution in [0.15, 0.2) is 23.0 Å². The molecule has 7 heteroatoms. The van der Waals surface area contributed by atoms with Gasteiger partial charge in [-0.25, -0.2) is 4.68 Å². The van der Waals surface area contributed by atoms with Crippen LogP contribution in [0.3, 0.4) is 0 Å². The van der Waals surface area contributed by atoms with Crippen molar-refractivity contribution >= 4 is 28.8 Å². The topological polar surface area (TPSA) is 64.0 Å². The fourth-order valence-corrected chi connectivity index (χ4v) is 3.52. The molecule has 0 spiro atoms. The van der Waals surface area contributed by atoms with Crippen molar-refractivity contribution < 1.29 is 4.79 Å². The Kier molecular flexibility index (Phi) is 4.59. The third-order valence-corrected chi connectivity index (χ3v) is 4.91. The highest BCUT2D eigenvalue weighted by molar-refractivity contribution is 7.17. The monoisotopic (exact) mass is 337 g/mol. The van der Waals surface area contributed by atoms with Gasteiger partial charge in [0.25, 0.3) is 11.5 Å². The minimum absolute atomic E-state index is 0.103. The van der Waals surface area contributed by atoms with Crippen LogP contribution in [0.1, 0.15) is 33.8 Å². The Balaban J connectivity index is 1.62. The molecule has 2 aromatic rings. The van der Waals surface area contributed by atoms with Crippen LogP contribution < -0.4 is 10.9 Å². The number of nitrogens with one attached hydrogen (secondary N) is 1. The van der Waals surface area contributed by atoms with Crippen LogP contribution in [0.4, 0.5) is 0 Å². The molecular weight excluding hydrogens is 322 g/mol. The first kappa shape index (κ1) is 15.2. The summed E-state index contributed by atoms with van der Waals surface area (Å²) < 4.78 is 2.02. The minimum Gasteiger partial charge on any atom is -0.349 e. The third kappa shape index (κ3) is 3.39. The molecule has 0 fully saturated rings. The Morgan fingerprint density at radius 3 is 2.95 bits per heavy atom. The zero-order chi connectivity index (χ0) is 15.5. The molecule has 116 valence electrons. The maximum absolute atomic E-state index is 12.0. The van der Waals surface area contributed by atoms with Crippen LogP contribution in [0.5, 0.6) is 0 Å². The second-order valence-corrected chi connectivity index (χ2v) is 6.96. The number of halogens is 1. The van der Waals surface area contributed by atoms with E-state index in [-0.39, 0.29) is 11.5 Å². The van der Waals surface area contributed by atoms with E-state index in [1.54, 1.807) is 18.2 Å². The van der Waals surface area contributed by atoms with Gasteiger partial charge in [0.2, 0.25) is 0 Å². The number of hydrogen-bond acceptors (Lipinski definition) is 4. The molecule has 0 bridgehead atoms. The average Bonchev–Trinajstić information content (AvgIpc) is 2.94. The molecule has 22 heavy (non-hydrogen) atoms. The van der Waals surface area contributed by atoms with Gasteiger partial charge >= 0.3 is 0 Å². The summed E-state index contributed by atoms with van der Waals surface area (Å²) >= 11 is 7.04. The first-order chi connectivity index (χ1) is 10.6. The number of thiophene rings is 1. The minimum atomic E-state index is -0.178. The predicted molar refractivity (Wildman–Crippen MR) is 86.8 cm³/mol. The summed E-state index contributed by atoms with van der Waals surface area (Å²) in [7, 11) is 0. The van der Waals surface area contributed by atoms with E-state index >= 15 is 0 Å². The zero-order valence-corrected chi connectivity index (χ0v) is 13.5. The number of hydrogen-bond donors (Lipinski definition) is 1. The lowest BCUT2D eigenvalue weighted by molar-refractivity contribution is 0.0956. The standard InChI is InChI=1S/C15H16ClN3O2S/c16-13-6-5-12(22-13)15(21)17-7-8-19-14(20)9-10-3-1-2-4-11(10)18-19/h5-6,9H,1-4,7-8H2,(H,17,21). The maximum atomic E-state index is 12.0. The number of nitrogens with zero attached hydrogens (tertiary/aromatic N) is 2. The Morgan fingerprint density at radius 1 is 1.36 bits per heavy atom. The first-order valence-corrected chi connectivity index (χ1v) is 8.46. The van der Waals surface area contributed by atoms with E-state index in [1.807, 2.05) is 0 Å². The molecule has 0 unspecified atom stereocenters. The van der Waals surface area contributed by atoms with Gasteiger partial charge in [-0.1, -0.05) is 11.6 Å². The Morgan fingerprint density at radius 2 is 2.18 bits per heavy atom. The Bertz CT molecular complexity index is 753. The van der Waals surface area contributed by atoms with Gasteiger partial charge in [-0.3, -0.25) is 9.59 Å². The fourth-order valence-electron chi connectivity index (χ4n) is 2.56. The van der Waals surface area contributed by atoms with Crippen LogP contribution in [-0.4, -0.2) is 22.2 Å². The summed E-state index contributed by atoms with van der Waals surface area (Å²) in [5.41, 5.74) is 1.99. The number of aryl methyl sites for hydroxylation is 2. The summed E-state index contributed by atoms with van der Waals surface area (Å²) in [5, 5.41) is 7.20. The molecule has 0 atom stereocenters. The van der Waals surface area contributed by atoms with E-state index in [9.17, 15) is 9.59 Å². The maximum Gasteiger partial charge on any atom is 0.267 e. The zero-order valence-electron chi connectivity index (χ0n) is 12.0. The van der Waals surface area contributed by atoms with Gasteiger partial charge in [-0.2, -0.15) is 5.10 Å². The SMILES string of the molecule is O=C(NCCn1nc2c(cc1=O)CCCC2)c1ccc(Cl)s1. The lowest BCUT2D eigenvalue weighted by atomic mass is 9.97. The number of carbonyl (C=O) groups is 1. The molecule has 0 aliphatic heterocycles. The van der Waals surface area contributed by atoms with E-state index < -0.39 is 0 Å². The van der Waals surface area contributed by atoms with Crippen LogP contribution in [0.25, 0.3) is 0 Å². The van der Waals surface area contributed by atoms with E-state index in [0.29, 0.717) is 22.3 Å². The van der Waals surface area contributed by atoms with Gasteiger partial charge in [-0.05, 0) is 43.4 Å². The highest BCUT2D eigenvalue weighted by atomic mass is 35.5. The highest BCUT2D eigenvalue weighted by Crippen LogP contribution is 2.21. The summed E-state index contributed by atoms with van der Waals surface area (Å²) in [5.74, 6) is -0.178. The van der Waals surface area contributed by atoms with Crippen LogP contribution in [-0.2, 0) is 19.4 Å². The van der Waals surface area contributed by atoms with E-state index in [1.165, 1.54) is 16.0 Å². The summed E-state index contributed by atoms with van der Waals surface area (Å²) in [6.07, 6.45) is 4.11. The Labute approximate surface area is 136 Å². The number of aromatic nitrogens is 2. The van der Waals surface area contributed by atoms with Crippen LogP contribution in [0.2, 0.25) is 4.34 Å². The molecule has 1 N–H and O–H groups in total. The average molecular weight is 338 g/mol. The van der Waals surface area contributed by atoms with E-state index in [0.717, 1.165) is 36.9 Å². The molecule has 5 nitrogen and oxygen atoms in total. The molecular formula is C15H16ClN3O2S. The number of rotatable bonds is 4. The molecule has 0 aromatic carbocycles. The van der Waals surface area contributed by atoms with Crippen molar-refractivity contribution in [1.82, 2.24) is 15.1 Å². The third-order valence-electron chi connectivity index (χ3n) is 3.68. The second-order valence-electron chi connectivity index (χ2n) is 5.24. The second kappa shape index (κ2) is 6.62. The predicted octanol–water partition coefficient (Wildman–Crippen LogP) is 2.27. The largest absolute Gasteiger partial charge is 0.349 e. The number of fused-ring (bicyclic) bond motifs is 1. The molecule has 1 amide bonds. The van der Waals surface area contributed by atoms with Gasteiger partial charge in [-0.15, -0.1) is 11.3 Å². The van der Waals surface area contributed by atoms with Crippen LogP contribution >= 0.6 is 22.9 Å². The first-order valence-electron chi connectivity index (χ1n) is 7.27.